The highest BCUT2D eigenvalue weighted by Gasteiger charge is 2.32. The van der Waals surface area contributed by atoms with E-state index < -0.39 is 12.1 Å². The fourth-order valence-corrected chi connectivity index (χ4v) is 2.80. The lowest BCUT2D eigenvalue weighted by Crippen LogP contribution is -2.19. The second kappa shape index (κ2) is 6.56. The van der Waals surface area contributed by atoms with E-state index in [0.717, 1.165) is 11.1 Å². The van der Waals surface area contributed by atoms with Gasteiger partial charge in [0.15, 0.2) is 11.2 Å². The van der Waals surface area contributed by atoms with Gasteiger partial charge in [0.2, 0.25) is 0 Å². The molecule has 0 spiro atoms. The van der Waals surface area contributed by atoms with Crippen molar-refractivity contribution in [3.8, 4) is 11.8 Å². The smallest absolute Gasteiger partial charge is 0.404 e. The van der Waals surface area contributed by atoms with E-state index in [2.05, 4.69) is 4.74 Å². The maximum Gasteiger partial charge on any atom is 0.573 e. The third-order valence-electron chi connectivity index (χ3n) is 4.00. The van der Waals surface area contributed by atoms with Crippen LogP contribution in [-0.2, 0) is 6.54 Å². The van der Waals surface area contributed by atoms with Gasteiger partial charge in [0.25, 0.3) is 0 Å². The Morgan fingerprint density at radius 2 is 1.96 bits per heavy atom. The van der Waals surface area contributed by atoms with E-state index in [0.29, 0.717) is 5.56 Å². The summed E-state index contributed by atoms with van der Waals surface area (Å²) in [6, 6.07) is 12.4. The van der Waals surface area contributed by atoms with E-state index in [1.165, 1.54) is 35.0 Å². The Kier molecular flexibility index (Phi) is 4.43. The molecule has 3 aromatic rings. The summed E-state index contributed by atoms with van der Waals surface area (Å²) in [4.78, 5) is 12.1. The van der Waals surface area contributed by atoms with Crippen LogP contribution in [0.3, 0.4) is 0 Å². The number of ether oxygens (including phenoxy) is 1. The molecule has 4 nitrogen and oxygen atoms in total. The van der Waals surface area contributed by atoms with Gasteiger partial charge in [-0.2, -0.15) is 5.26 Å². The number of aromatic nitrogens is 1. The van der Waals surface area contributed by atoms with E-state index in [9.17, 15) is 18.0 Å². The van der Waals surface area contributed by atoms with Crippen molar-refractivity contribution in [2.24, 2.45) is 0 Å². The standard InChI is InChI=1S/C19H13F3N2O2/c1-12-9-13(10-23)5-6-14(12)11-24-8-7-16(25)15-3-2-4-17(18(15)24)26-19(20,21)22/h2-9H,11H2,1H3. The average Bonchev–Trinajstić information content (AvgIpc) is 2.58. The molecule has 0 aliphatic rings. The zero-order valence-electron chi connectivity index (χ0n) is 13.7. The predicted molar refractivity (Wildman–Crippen MR) is 89.9 cm³/mol. The molecule has 132 valence electrons. The van der Waals surface area contributed by atoms with Crippen LogP contribution in [0.4, 0.5) is 13.2 Å². The molecule has 0 bridgehead atoms. The minimum absolute atomic E-state index is 0.0704. The molecular formula is C19H13F3N2O2. The molecule has 0 fully saturated rings. The second-order valence-corrected chi connectivity index (χ2v) is 5.76. The fraction of sp³-hybridized carbons (Fsp3) is 0.158. The van der Waals surface area contributed by atoms with Gasteiger partial charge in [-0.15, -0.1) is 13.2 Å². The third-order valence-corrected chi connectivity index (χ3v) is 4.00. The monoisotopic (exact) mass is 358 g/mol. The van der Waals surface area contributed by atoms with Crippen molar-refractivity contribution in [3.63, 3.8) is 0 Å². The third kappa shape index (κ3) is 3.54. The van der Waals surface area contributed by atoms with Gasteiger partial charge < -0.3 is 9.30 Å². The number of halogens is 3. The predicted octanol–water partition coefficient (Wildman–Crippen LogP) is 4.13. The molecule has 2 aromatic carbocycles. The number of nitrogens with zero attached hydrogens (tertiary/aromatic N) is 2. The number of hydrogen-bond donors (Lipinski definition) is 0. The molecule has 0 unspecified atom stereocenters. The molecule has 3 rings (SSSR count). The van der Waals surface area contributed by atoms with Crippen LogP contribution in [0.25, 0.3) is 10.9 Å². The molecule has 7 heteroatoms. The Hall–Kier alpha value is -3.27. The van der Waals surface area contributed by atoms with Crippen LogP contribution in [0.15, 0.2) is 53.5 Å². The molecular weight excluding hydrogens is 345 g/mol. The minimum atomic E-state index is -4.87. The van der Waals surface area contributed by atoms with Gasteiger partial charge in [0, 0.05) is 24.2 Å². The maximum atomic E-state index is 12.7. The fourth-order valence-electron chi connectivity index (χ4n) is 2.80. The summed E-state index contributed by atoms with van der Waals surface area (Å²) >= 11 is 0. The van der Waals surface area contributed by atoms with Crippen molar-refractivity contribution in [2.75, 3.05) is 0 Å². The number of rotatable bonds is 3. The number of alkyl halides is 3. The van der Waals surface area contributed by atoms with Crippen LogP contribution in [0, 0.1) is 18.3 Å². The number of benzene rings is 2. The molecule has 0 amide bonds. The summed E-state index contributed by atoms with van der Waals surface area (Å²) in [5, 5.41) is 9.09. The lowest BCUT2D eigenvalue weighted by molar-refractivity contribution is -0.274. The van der Waals surface area contributed by atoms with Crippen LogP contribution in [0.2, 0.25) is 0 Å². The van der Waals surface area contributed by atoms with E-state index in [1.807, 2.05) is 13.0 Å². The maximum absolute atomic E-state index is 12.7. The molecule has 0 aliphatic carbocycles. The van der Waals surface area contributed by atoms with E-state index in [-0.39, 0.29) is 22.9 Å². The minimum Gasteiger partial charge on any atom is -0.404 e. The quantitative estimate of drug-likeness (QED) is 0.707. The van der Waals surface area contributed by atoms with E-state index in [1.54, 1.807) is 18.2 Å². The van der Waals surface area contributed by atoms with Crippen LogP contribution in [-0.4, -0.2) is 10.9 Å². The molecule has 0 radical (unpaired) electrons. The van der Waals surface area contributed by atoms with E-state index in [4.69, 9.17) is 5.26 Å². The molecule has 26 heavy (non-hydrogen) atoms. The summed E-state index contributed by atoms with van der Waals surface area (Å²) < 4.78 is 43.9. The number of para-hydroxylation sites is 1. The van der Waals surface area contributed by atoms with Crippen molar-refractivity contribution in [3.05, 3.63) is 75.6 Å². The lowest BCUT2D eigenvalue weighted by Gasteiger charge is -2.17. The first-order valence-corrected chi connectivity index (χ1v) is 7.66. The second-order valence-electron chi connectivity index (χ2n) is 5.76. The van der Waals surface area contributed by atoms with Gasteiger partial charge in [-0.1, -0.05) is 12.1 Å². The summed E-state index contributed by atoms with van der Waals surface area (Å²) in [6.45, 7) is 2.04. The molecule has 0 saturated heterocycles. The Balaban J connectivity index is 2.16. The first-order valence-electron chi connectivity index (χ1n) is 7.66. The molecule has 0 atom stereocenters. The molecule has 0 saturated carbocycles. The number of hydrogen-bond acceptors (Lipinski definition) is 3. The number of nitriles is 1. The Morgan fingerprint density at radius 3 is 2.62 bits per heavy atom. The van der Waals surface area contributed by atoms with Crippen LogP contribution < -0.4 is 10.2 Å². The lowest BCUT2D eigenvalue weighted by atomic mass is 10.1. The zero-order valence-corrected chi connectivity index (χ0v) is 13.7. The number of pyridine rings is 1. The van der Waals surface area contributed by atoms with Crippen molar-refractivity contribution < 1.29 is 17.9 Å². The van der Waals surface area contributed by atoms with Crippen molar-refractivity contribution in [2.45, 2.75) is 19.8 Å². The van der Waals surface area contributed by atoms with Gasteiger partial charge in [-0.25, -0.2) is 0 Å². The first-order chi connectivity index (χ1) is 12.3. The summed E-state index contributed by atoms with van der Waals surface area (Å²) in [5.41, 5.74) is 1.82. The molecule has 1 heterocycles. The van der Waals surface area contributed by atoms with Crippen LogP contribution in [0.5, 0.6) is 5.75 Å². The highest BCUT2D eigenvalue weighted by Crippen LogP contribution is 2.30. The van der Waals surface area contributed by atoms with E-state index >= 15 is 0 Å². The zero-order chi connectivity index (χ0) is 18.9. The summed E-state index contributed by atoms with van der Waals surface area (Å²) in [7, 11) is 0. The topological polar surface area (TPSA) is 55.0 Å². The summed E-state index contributed by atoms with van der Waals surface area (Å²) in [6.07, 6.45) is -3.43. The largest absolute Gasteiger partial charge is 0.573 e. The Bertz CT molecular complexity index is 1080. The summed E-state index contributed by atoms with van der Waals surface area (Å²) in [5.74, 6) is -0.431. The van der Waals surface area contributed by atoms with Gasteiger partial charge in [-0.05, 0) is 42.3 Å². The number of fused-ring (bicyclic) bond motifs is 1. The first kappa shape index (κ1) is 17.5. The molecule has 0 N–H and O–H groups in total. The highest BCUT2D eigenvalue weighted by atomic mass is 19.4. The van der Waals surface area contributed by atoms with Crippen molar-refractivity contribution in [1.82, 2.24) is 4.57 Å². The van der Waals surface area contributed by atoms with Gasteiger partial charge in [0.1, 0.15) is 0 Å². The highest BCUT2D eigenvalue weighted by molar-refractivity contribution is 5.85. The Morgan fingerprint density at radius 1 is 1.19 bits per heavy atom. The van der Waals surface area contributed by atoms with Gasteiger partial charge in [-0.3, -0.25) is 4.79 Å². The van der Waals surface area contributed by atoms with Gasteiger partial charge in [0.05, 0.1) is 17.1 Å². The molecule has 1 aromatic heterocycles. The molecule has 0 aliphatic heterocycles. The van der Waals surface area contributed by atoms with Crippen molar-refractivity contribution >= 4 is 10.9 Å². The Labute approximate surface area is 146 Å². The SMILES string of the molecule is Cc1cc(C#N)ccc1Cn1ccc(=O)c2cccc(OC(F)(F)F)c21. The van der Waals surface area contributed by atoms with Gasteiger partial charge >= 0.3 is 6.36 Å². The van der Waals surface area contributed by atoms with Crippen molar-refractivity contribution in [1.29, 1.82) is 5.26 Å². The van der Waals surface area contributed by atoms with Crippen LogP contribution >= 0.6 is 0 Å². The normalized spacial score (nSPS) is 11.3. The average molecular weight is 358 g/mol. The van der Waals surface area contributed by atoms with Crippen LogP contribution in [0.1, 0.15) is 16.7 Å². The number of aryl methyl sites for hydroxylation is 1.